The minimum Gasteiger partial charge on any atom is -0.487 e. The largest absolute Gasteiger partial charge is 0.487 e. The van der Waals surface area contributed by atoms with Gasteiger partial charge in [-0.1, -0.05) is 23.2 Å². The van der Waals surface area contributed by atoms with E-state index in [0.29, 0.717) is 0 Å². The van der Waals surface area contributed by atoms with Crippen molar-refractivity contribution in [2.45, 2.75) is 4.90 Å². The van der Waals surface area contributed by atoms with E-state index in [1.165, 1.54) is 0 Å². The van der Waals surface area contributed by atoms with Crippen LogP contribution >= 0.6 is 23.2 Å². The molecule has 1 aromatic carbocycles. The number of nitrogens with zero attached hydrogens (tertiary/aromatic N) is 1. The molecule has 1 rings (SSSR count). The Bertz CT molecular complexity index is 629. The van der Waals surface area contributed by atoms with E-state index in [1.54, 1.807) is 0 Å². The number of nitro groups is 1. The summed E-state index contributed by atoms with van der Waals surface area (Å²) in [6.45, 7) is -0.189. The highest BCUT2D eigenvalue weighted by atomic mass is 35.5. The minimum absolute atomic E-state index is 0.125. The third kappa shape index (κ3) is 4.35. The molecule has 7 nitrogen and oxygen atoms in total. The molecular weight excluding hydrogens is 319 g/mol. The van der Waals surface area contributed by atoms with Crippen molar-refractivity contribution in [3.8, 4) is 5.75 Å². The Morgan fingerprint density at radius 3 is 2.63 bits per heavy atom. The zero-order valence-corrected chi connectivity index (χ0v) is 11.6. The van der Waals surface area contributed by atoms with E-state index >= 15 is 0 Å². The summed E-state index contributed by atoms with van der Waals surface area (Å²) in [5, 5.41) is 15.7. The van der Waals surface area contributed by atoms with Crippen LogP contribution < -0.4 is 9.88 Å². The van der Waals surface area contributed by atoms with Gasteiger partial charge in [-0.3, -0.25) is 10.1 Å². The molecule has 0 saturated heterocycles. The monoisotopic (exact) mass is 326 g/mol. The quantitative estimate of drug-likeness (QED) is 0.656. The summed E-state index contributed by atoms with van der Waals surface area (Å²) in [7, 11) is -4.17. The molecule has 0 fully saturated rings. The maximum atomic E-state index is 11.3. The van der Waals surface area contributed by atoms with Crippen LogP contribution in [0, 0.1) is 10.1 Å². The van der Waals surface area contributed by atoms with Gasteiger partial charge in [-0.2, -0.15) is 0 Å². The van der Waals surface area contributed by atoms with Crippen LogP contribution in [0.1, 0.15) is 0 Å². The van der Waals surface area contributed by atoms with Gasteiger partial charge >= 0.3 is 0 Å². The highest BCUT2D eigenvalue weighted by molar-refractivity contribution is 7.89. The number of primary sulfonamides is 1. The van der Waals surface area contributed by atoms with Crippen LogP contribution in [-0.4, -0.2) is 19.9 Å². The van der Waals surface area contributed by atoms with Crippen molar-refractivity contribution in [1.29, 1.82) is 0 Å². The molecule has 0 amide bonds. The molecule has 0 bridgehead atoms. The molecule has 0 aliphatic heterocycles. The van der Waals surface area contributed by atoms with E-state index in [1.807, 2.05) is 0 Å². The van der Waals surface area contributed by atoms with Crippen molar-refractivity contribution in [2.24, 2.45) is 5.14 Å². The Morgan fingerprint density at radius 1 is 1.53 bits per heavy atom. The third-order valence-electron chi connectivity index (χ3n) is 1.93. The summed E-state index contributed by atoms with van der Waals surface area (Å²) in [5.41, 5.74) is 0.624. The number of nitrogens with two attached hydrogens (primary N) is 1. The molecule has 10 heteroatoms. The molecule has 0 atom stereocenters. The van der Waals surface area contributed by atoms with Crippen LogP contribution in [0.4, 0.5) is 5.69 Å². The molecule has 0 saturated carbocycles. The maximum absolute atomic E-state index is 11.3. The zero-order chi connectivity index (χ0) is 14.6. The Kier molecular flexibility index (Phi) is 5.12. The second kappa shape index (κ2) is 6.20. The fourth-order valence-corrected chi connectivity index (χ4v) is 1.94. The molecule has 0 aliphatic rings. The van der Waals surface area contributed by atoms with E-state index < -0.39 is 25.5 Å². The summed E-state index contributed by atoms with van der Waals surface area (Å²) >= 11 is 10.9. The van der Waals surface area contributed by atoms with Gasteiger partial charge in [0.05, 0.1) is 9.96 Å². The number of ether oxygens (including phenoxy) is 1. The van der Waals surface area contributed by atoms with E-state index in [0.717, 1.165) is 23.7 Å². The number of hydrogen-bond acceptors (Lipinski definition) is 5. The van der Waals surface area contributed by atoms with Crippen molar-refractivity contribution < 1.29 is 18.1 Å². The predicted octanol–water partition coefficient (Wildman–Crippen LogP) is 1.94. The topological polar surface area (TPSA) is 113 Å². The lowest BCUT2D eigenvalue weighted by Crippen LogP contribution is -2.14. The molecule has 0 aliphatic carbocycles. The third-order valence-corrected chi connectivity index (χ3v) is 3.45. The van der Waals surface area contributed by atoms with E-state index in [-0.39, 0.29) is 17.4 Å². The molecule has 1 aromatic rings. The lowest BCUT2D eigenvalue weighted by molar-refractivity contribution is -0.385. The van der Waals surface area contributed by atoms with Gasteiger partial charge in [0.1, 0.15) is 17.3 Å². The lowest BCUT2D eigenvalue weighted by atomic mass is 10.3. The van der Waals surface area contributed by atoms with E-state index in [9.17, 15) is 18.5 Å². The molecule has 0 heterocycles. The predicted molar refractivity (Wildman–Crippen MR) is 69.8 cm³/mol. The molecule has 0 aromatic heterocycles. The second-order valence-electron chi connectivity index (χ2n) is 3.28. The average Bonchev–Trinajstić information content (AvgIpc) is 2.34. The van der Waals surface area contributed by atoms with Crippen LogP contribution in [0.3, 0.4) is 0 Å². The summed E-state index contributed by atoms with van der Waals surface area (Å²) in [4.78, 5) is 9.34. The Hall–Kier alpha value is -1.35. The van der Waals surface area contributed by atoms with Gasteiger partial charge in [-0.05, 0) is 6.07 Å². The fraction of sp³-hybridized carbons (Fsp3) is 0.111. The Balaban J connectivity index is 3.21. The number of halogens is 2. The molecule has 104 valence electrons. The van der Waals surface area contributed by atoms with Crippen molar-refractivity contribution in [2.75, 3.05) is 6.61 Å². The zero-order valence-electron chi connectivity index (χ0n) is 9.25. The van der Waals surface area contributed by atoms with Gasteiger partial charge in [0.25, 0.3) is 5.69 Å². The second-order valence-corrected chi connectivity index (χ2v) is 5.51. The van der Waals surface area contributed by atoms with Crippen LogP contribution in [-0.2, 0) is 10.0 Å². The molecule has 2 N–H and O–H groups in total. The number of benzene rings is 1. The maximum Gasteiger partial charge on any atom is 0.271 e. The van der Waals surface area contributed by atoms with E-state index in [4.69, 9.17) is 33.1 Å². The molecular formula is C9H8Cl2N2O5S. The standard InChI is InChI=1S/C9H8Cl2N2O5S/c10-4-6(11)5-18-8-2-1-7(13(14)15)3-9(8)19(12,16)17/h1-4H,5H2,(H2,12,16,17)/b6-4-. The van der Waals surface area contributed by atoms with Gasteiger partial charge in [0, 0.05) is 17.7 Å². The van der Waals surface area contributed by atoms with Gasteiger partial charge in [0.15, 0.2) is 0 Å². The smallest absolute Gasteiger partial charge is 0.271 e. The Morgan fingerprint density at radius 2 is 2.16 bits per heavy atom. The van der Waals surface area contributed by atoms with Crippen LogP contribution in [0.5, 0.6) is 5.75 Å². The van der Waals surface area contributed by atoms with Crippen molar-refractivity contribution >= 4 is 38.9 Å². The summed E-state index contributed by atoms with van der Waals surface area (Å²) in [6, 6.07) is 3.02. The van der Waals surface area contributed by atoms with Crippen molar-refractivity contribution in [3.63, 3.8) is 0 Å². The molecule has 0 unspecified atom stereocenters. The molecule has 0 radical (unpaired) electrons. The summed E-state index contributed by atoms with van der Waals surface area (Å²) in [6.07, 6.45) is 0. The van der Waals surface area contributed by atoms with Gasteiger partial charge in [0.2, 0.25) is 10.0 Å². The molecule has 19 heavy (non-hydrogen) atoms. The van der Waals surface area contributed by atoms with Crippen LogP contribution in [0.15, 0.2) is 33.7 Å². The van der Waals surface area contributed by atoms with Gasteiger partial charge in [-0.25, -0.2) is 13.6 Å². The lowest BCUT2D eigenvalue weighted by Gasteiger charge is -2.09. The average molecular weight is 327 g/mol. The summed E-state index contributed by atoms with van der Waals surface area (Å²) in [5.74, 6) is -0.148. The number of sulfonamides is 1. The minimum atomic E-state index is -4.17. The number of hydrogen-bond donors (Lipinski definition) is 1. The fourth-order valence-electron chi connectivity index (χ4n) is 1.13. The van der Waals surface area contributed by atoms with Crippen LogP contribution in [0.2, 0.25) is 0 Å². The van der Waals surface area contributed by atoms with Gasteiger partial charge in [-0.15, -0.1) is 0 Å². The van der Waals surface area contributed by atoms with E-state index in [2.05, 4.69) is 0 Å². The highest BCUT2D eigenvalue weighted by Gasteiger charge is 2.20. The number of non-ortho nitro benzene ring substituents is 1. The SMILES string of the molecule is NS(=O)(=O)c1cc([N+](=O)[O-])ccc1OC/C(Cl)=C/Cl. The molecule has 0 spiro atoms. The highest BCUT2D eigenvalue weighted by Crippen LogP contribution is 2.28. The summed E-state index contributed by atoms with van der Waals surface area (Å²) < 4.78 is 27.8. The van der Waals surface area contributed by atoms with Crippen molar-refractivity contribution in [3.05, 3.63) is 38.9 Å². The first-order valence-electron chi connectivity index (χ1n) is 4.64. The van der Waals surface area contributed by atoms with Gasteiger partial charge < -0.3 is 4.74 Å². The van der Waals surface area contributed by atoms with Crippen LogP contribution in [0.25, 0.3) is 0 Å². The number of rotatable bonds is 5. The normalized spacial score (nSPS) is 12.3. The Labute approximate surface area is 118 Å². The van der Waals surface area contributed by atoms with Crippen molar-refractivity contribution in [1.82, 2.24) is 0 Å². The first kappa shape index (κ1) is 15.7. The first-order valence-corrected chi connectivity index (χ1v) is 7.00. The first-order chi connectivity index (χ1) is 8.75. The number of nitro benzene ring substituents is 1.